The summed E-state index contributed by atoms with van der Waals surface area (Å²) >= 11 is 0. The molecular weight excluding hydrogens is 222 g/mol. The molecule has 1 aliphatic heterocycles. The molecule has 2 rings (SSSR count). The molecular formula is C16H21NO. The summed E-state index contributed by atoms with van der Waals surface area (Å²) < 4.78 is 5.17. The van der Waals surface area contributed by atoms with Gasteiger partial charge >= 0.3 is 0 Å². The molecule has 0 spiro atoms. The van der Waals surface area contributed by atoms with Crippen LogP contribution in [0.25, 0.3) is 0 Å². The van der Waals surface area contributed by atoms with Crippen LogP contribution in [-0.4, -0.2) is 24.6 Å². The summed E-state index contributed by atoms with van der Waals surface area (Å²) in [7, 11) is 1.69. The number of nitrogens with zero attached hydrogens (tertiary/aromatic N) is 1. The third-order valence-corrected chi connectivity index (χ3v) is 3.79. The zero-order valence-corrected chi connectivity index (χ0v) is 11.2. The summed E-state index contributed by atoms with van der Waals surface area (Å²) in [5.41, 5.74) is 1.32. The van der Waals surface area contributed by atoms with Gasteiger partial charge in [-0.15, -0.1) is 12.3 Å². The first-order chi connectivity index (χ1) is 8.72. The van der Waals surface area contributed by atoms with E-state index in [2.05, 4.69) is 29.9 Å². The summed E-state index contributed by atoms with van der Waals surface area (Å²) in [4.78, 5) is 2.48. The minimum atomic E-state index is 0.416. The largest absolute Gasteiger partial charge is 0.497 e. The highest BCUT2D eigenvalue weighted by molar-refractivity contribution is 5.27. The van der Waals surface area contributed by atoms with Crippen molar-refractivity contribution in [2.45, 2.75) is 32.4 Å². The van der Waals surface area contributed by atoms with E-state index in [0.29, 0.717) is 12.0 Å². The van der Waals surface area contributed by atoms with E-state index in [1.54, 1.807) is 7.11 Å². The SMILES string of the molecule is C#CC1CCC(C)N(Cc2ccc(OC)cc2)C1. The van der Waals surface area contributed by atoms with Crippen LogP contribution in [0.3, 0.4) is 0 Å². The number of hydrogen-bond acceptors (Lipinski definition) is 2. The molecule has 0 saturated carbocycles. The maximum Gasteiger partial charge on any atom is 0.118 e. The summed E-state index contributed by atoms with van der Waals surface area (Å²) in [6.45, 7) is 4.28. The average Bonchev–Trinajstić information content (AvgIpc) is 2.42. The number of benzene rings is 1. The topological polar surface area (TPSA) is 12.5 Å². The van der Waals surface area contributed by atoms with Crippen LogP contribution in [0.15, 0.2) is 24.3 Å². The Kier molecular flexibility index (Phi) is 4.28. The van der Waals surface area contributed by atoms with Crippen LogP contribution in [0.5, 0.6) is 5.75 Å². The zero-order valence-electron chi connectivity index (χ0n) is 11.2. The third-order valence-electron chi connectivity index (χ3n) is 3.79. The van der Waals surface area contributed by atoms with Crippen LogP contribution in [-0.2, 0) is 6.54 Å². The van der Waals surface area contributed by atoms with Crippen molar-refractivity contribution in [3.05, 3.63) is 29.8 Å². The smallest absolute Gasteiger partial charge is 0.118 e. The van der Waals surface area contributed by atoms with Crippen LogP contribution >= 0.6 is 0 Å². The monoisotopic (exact) mass is 243 g/mol. The van der Waals surface area contributed by atoms with Gasteiger partial charge in [-0.05, 0) is 37.5 Å². The Morgan fingerprint density at radius 3 is 2.67 bits per heavy atom. The van der Waals surface area contributed by atoms with E-state index in [4.69, 9.17) is 11.2 Å². The fourth-order valence-corrected chi connectivity index (χ4v) is 2.50. The Bertz CT molecular complexity index is 418. The van der Waals surface area contributed by atoms with E-state index in [9.17, 15) is 0 Å². The van der Waals surface area contributed by atoms with Crippen molar-refractivity contribution < 1.29 is 4.74 Å². The molecule has 1 aromatic carbocycles. The Balaban J connectivity index is 2.00. The van der Waals surface area contributed by atoms with Gasteiger partial charge in [-0.3, -0.25) is 4.90 Å². The fourth-order valence-electron chi connectivity index (χ4n) is 2.50. The lowest BCUT2D eigenvalue weighted by Crippen LogP contribution is -2.40. The van der Waals surface area contributed by atoms with Crippen LogP contribution in [0.4, 0.5) is 0 Å². The minimum Gasteiger partial charge on any atom is -0.497 e. The Morgan fingerprint density at radius 1 is 1.33 bits per heavy atom. The molecule has 0 aliphatic carbocycles. The first-order valence-electron chi connectivity index (χ1n) is 6.56. The molecule has 1 fully saturated rings. The van der Waals surface area contributed by atoms with E-state index in [1.165, 1.54) is 12.0 Å². The molecule has 18 heavy (non-hydrogen) atoms. The maximum atomic E-state index is 5.55. The van der Waals surface area contributed by atoms with Gasteiger partial charge < -0.3 is 4.74 Å². The highest BCUT2D eigenvalue weighted by atomic mass is 16.5. The van der Waals surface area contributed by atoms with Crippen LogP contribution < -0.4 is 4.74 Å². The summed E-state index contributed by atoms with van der Waals surface area (Å²) in [5, 5.41) is 0. The zero-order chi connectivity index (χ0) is 13.0. The van der Waals surface area contributed by atoms with Crippen LogP contribution in [0, 0.1) is 18.3 Å². The first kappa shape index (κ1) is 13.0. The number of ether oxygens (including phenoxy) is 1. The van der Waals surface area contributed by atoms with Crippen molar-refractivity contribution in [2.24, 2.45) is 5.92 Å². The van der Waals surface area contributed by atoms with Crippen molar-refractivity contribution in [1.29, 1.82) is 0 Å². The lowest BCUT2D eigenvalue weighted by molar-refractivity contribution is 0.130. The quantitative estimate of drug-likeness (QED) is 0.757. The van der Waals surface area contributed by atoms with Crippen molar-refractivity contribution in [3.63, 3.8) is 0 Å². The highest BCUT2D eigenvalue weighted by Crippen LogP contribution is 2.23. The normalized spacial score (nSPS) is 24.5. The van der Waals surface area contributed by atoms with E-state index in [0.717, 1.165) is 25.3 Å². The Morgan fingerprint density at radius 2 is 2.06 bits per heavy atom. The van der Waals surface area contributed by atoms with Gasteiger partial charge in [0.1, 0.15) is 5.75 Å². The Labute approximate surface area is 110 Å². The second kappa shape index (κ2) is 5.93. The predicted molar refractivity (Wildman–Crippen MR) is 74.4 cm³/mol. The number of rotatable bonds is 3. The van der Waals surface area contributed by atoms with Crippen LogP contribution in [0.2, 0.25) is 0 Å². The van der Waals surface area contributed by atoms with Crippen LogP contribution in [0.1, 0.15) is 25.3 Å². The van der Waals surface area contributed by atoms with Gasteiger partial charge in [0.05, 0.1) is 7.11 Å². The van der Waals surface area contributed by atoms with Gasteiger partial charge in [0, 0.05) is 25.0 Å². The van der Waals surface area contributed by atoms with Gasteiger partial charge in [0.25, 0.3) is 0 Å². The number of piperidine rings is 1. The number of hydrogen-bond donors (Lipinski definition) is 0. The average molecular weight is 243 g/mol. The lowest BCUT2D eigenvalue weighted by Gasteiger charge is -2.36. The molecule has 2 unspecified atom stereocenters. The first-order valence-corrected chi connectivity index (χ1v) is 6.56. The molecule has 96 valence electrons. The van der Waals surface area contributed by atoms with Crippen molar-refractivity contribution >= 4 is 0 Å². The van der Waals surface area contributed by atoms with E-state index < -0.39 is 0 Å². The molecule has 1 aliphatic rings. The molecule has 2 heteroatoms. The molecule has 0 N–H and O–H groups in total. The van der Waals surface area contributed by atoms with E-state index in [1.807, 2.05) is 12.1 Å². The number of terminal acetylenes is 1. The molecule has 2 nitrogen and oxygen atoms in total. The fraction of sp³-hybridized carbons (Fsp3) is 0.500. The van der Waals surface area contributed by atoms with Gasteiger partial charge in [0.2, 0.25) is 0 Å². The summed E-state index contributed by atoms with van der Waals surface area (Å²) in [5.74, 6) is 4.22. The Hall–Kier alpha value is -1.46. The predicted octanol–water partition coefficient (Wildman–Crippen LogP) is 2.93. The number of likely N-dealkylation sites (tertiary alicyclic amines) is 1. The van der Waals surface area contributed by atoms with E-state index >= 15 is 0 Å². The number of methoxy groups -OCH3 is 1. The molecule has 0 aromatic heterocycles. The molecule has 1 saturated heterocycles. The molecule has 0 amide bonds. The van der Waals surface area contributed by atoms with Gasteiger partial charge in [-0.25, -0.2) is 0 Å². The molecule has 0 radical (unpaired) electrons. The highest BCUT2D eigenvalue weighted by Gasteiger charge is 2.23. The third kappa shape index (κ3) is 3.05. The van der Waals surface area contributed by atoms with Crippen molar-refractivity contribution in [2.75, 3.05) is 13.7 Å². The lowest BCUT2D eigenvalue weighted by atomic mass is 9.93. The molecule has 1 aromatic rings. The summed E-state index contributed by atoms with van der Waals surface area (Å²) in [6.07, 6.45) is 7.91. The molecule has 1 heterocycles. The second-order valence-corrected chi connectivity index (χ2v) is 5.07. The standard InChI is InChI=1S/C16H21NO/c1-4-14-6-5-13(2)17(11-14)12-15-7-9-16(18-3)10-8-15/h1,7-10,13-14H,5-6,11-12H2,2-3H3. The van der Waals surface area contributed by atoms with Gasteiger partial charge in [-0.1, -0.05) is 12.1 Å². The van der Waals surface area contributed by atoms with E-state index in [-0.39, 0.29) is 0 Å². The van der Waals surface area contributed by atoms with Gasteiger partial charge in [0.15, 0.2) is 0 Å². The second-order valence-electron chi connectivity index (χ2n) is 5.07. The maximum absolute atomic E-state index is 5.55. The van der Waals surface area contributed by atoms with Gasteiger partial charge in [-0.2, -0.15) is 0 Å². The summed E-state index contributed by atoms with van der Waals surface area (Å²) in [6, 6.07) is 8.91. The van der Waals surface area contributed by atoms with Crippen molar-refractivity contribution in [1.82, 2.24) is 4.90 Å². The molecule has 2 atom stereocenters. The minimum absolute atomic E-state index is 0.416. The van der Waals surface area contributed by atoms with Crippen molar-refractivity contribution in [3.8, 4) is 18.1 Å². The molecule has 0 bridgehead atoms.